The Hall–Kier alpha value is -1.63. The van der Waals surface area contributed by atoms with Crippen LogP contribution >= 0.6 is 0 Å². The molecule has 0 aliphatic rings. The number of rotatable bonds is 1. The van der Waals surface area contributed by atoms with E-state index in [-0.39, 0.29) is 11.3 Å². The lowest BCUT2D eigenvalue weighted by Crippen LogP contribution is -1.85. The Morgan fingerprint density at radius 1 is 1.00 bits per heavy atom. The van der Waals surface area contributed by atoms with E-state index in [1.165, 1.54) is 18.2 Å². The van der Waals surface area contributed by atoms with Crippen molar-refractivity contribution in [1.29, 1.82) is 0 Å². The van der Waals surface area contributed by atoms with Gasteiger partial charge in [-0.05, 0) is 25.8 Å². The van der Waals surface area contributed by atoms with Crippen LogP contribution in [0.3, 0.4) is 0 Å². The quantitative estimate of drug-likeness (QED) is 0.670. The van der Waals surface area contributed by atoms with Crippen molar-refractivity contribution in [2.24, 2.45) is 0 Å². The molecule has 1 heteroatoms. The molecule has 1 aromatic carbocycles. The van der Waals surface area contributed by atoms with Gasteiger partial charge in [0.1, 0.15) is 0 Å². The first-order valence-corrected chi connectivity index (χ1v) is 4.26. The monoisotopic (exact) mass is 189 g/mol. The van der Waals surface area contributed by atoms with Gasteiger partial charge in [0.05, 0.1) is 5.69 Å². The zero-order valence-electron chi connectivity index (χ0n) is 13.5. The van der Waals surface area contributed by atoms with Crippen molar-refractivity contribution >= 4 is 0 Å². The molecule has 70 valence electrons. The zero-order valence-corrected chi connectivity index (χ0v) is 7.49. The van der Waals surface area contributed by atoms with E-state index in [2.05, 4.69) is 4.98 Å². The predicted molar refractivity (Wildman–Crippen MR) is 59.1 cm³/mol. The number of nitrogens with zero attached hydrogens (tertiary/aromatic N) is 1. The van der Waals surface area contributed by atoms with Crippen LogP contribution in [0.2, 0.25) is 0 Å². The third-order valence-electron chi connectivity index (χ3n) is 1.93. The van der Waals surface area contributed by atoms with Gasteiger partial charge in [-0.3, -0.25) is 4.98 Å². The minimum Gasteiger partial charge on any atom is -0.253 e. The highest BCUT2D eigenvalue weighted by Gasteiger charge is 1.97. The molecule has 0 aliphatic carbocycles. The van der Waals surface area contributed by atoms with Gasteiger partial charge in [-0.15, -0.1) is 0 Å². The summed E-state index contributed by atoms with van der Waals surface area (Å²) in [6, 6.07) is 11.0. The van der Waals surface area contributed by atoms with Gasteiger partial charge in [-0.2, -0.15) is 0 Å². The number of benzene rings is 1. The first-order valence-electron chi connectivity index (χ1n) is 7.26. The minimum atomic E-state index is -2.26. The molecule has 1 heterocycles. The van der Waals surface area contributed by atoms with Crippen LogP contribution in [0.1, 0.15) is 19.5 Å². The molecule has 1 nitrogen and oxygen atoms in total. The largest absolute Gasteiger partial charge is 0.253 e. The molecule has 0 N–H and O–H groups in total. The Morgan fingerprint density at radius 2 is 1.86 bits per heavy atom. The summed E-state index contributed by atoms with van der Waals surface area (Å²) >= 11 is 0. The minimum absolute atomic E-state index is 0.0231. The van der Waals surface area contributed by atoms with Crippen molar-refractivity contribution in [2.75, 3.05) is 0 Å². The third kappa shape index (κ3) is 1.82. The molecule has 2 rings (SSSR count). The molecule has 2 aromatic rings. The molecule has 0 bridgehead atoms. The number of hydrogen-bond donors (Lipinski definition) is 0. The van der Waals surface area contributed by atoms with E-state index in [4.69, 9.17) is 8.22 Å². The Bertz CT molecular complexity index is 597. The second kappa shape index (κ2) is 3.62. The maximum absolute atomic E-state index is 7.34. The van der Waals surface area contributed by atoms with E-state index < -0.39 is 13.7 Å². The molecular formula is C13H13N. The summed E-state index contributed by atoms with van der Waals surface area (Å²) in [7, 11) is 0. The van der Waals surface area contributed by atoms with Crippen LogP contribution in [0.25, 0.3) is 11.3 Å². The molecule has 0 atom stereocenters. The summed E-state index contributed by atoms with van der Waals surface area (Å²) in [6.45, 7) is -4.40. The van der Waals surface area contributed by atoms with E-state index in [1.54, 1.807) is 24.3 Å². The Morgan fingerprint density at radius 3 is 2.57 bits per heavy atom. The van der Waals surface area contributed by atoms with E-state index >= 15 is 0 Å². The number of pyridine rings is 1. The molecule has 0 fully saturated rings. The van der Waals surface area contributed by atoms with Crippen LogP contribution in [0.5, 0.6) is 0 Å². The van der Waals surface area contributed by atoms with Crippen molar-refractivity contribution in [1.82, 2.24) is 4.98 Å². The summed E-state index contributed by atoms with van der Waals surface area (Å²) in [5.74, 6) is 0. The van der Waals surface area contributed by atoms with E-state index in [9.17, 15) is 0 Å². The maximum atomic E-state index is 7.34. The number of aryl methyl sites for hydroxylation is 2. The van der Waals surface area contributed by atoms with Gasteiger partial charge in [0.15, 0.2) is 0 Å². The second-order valence-corrected chi connectivity index (χ2v) is 2.99. The highest BCUT2D eigenvalue weighted by molar-refractivity contribution is 5.59. The standard InChI is InChI=1S/C13H13N/c1-10-6-8-12(9-7-10)13-5-3-4-11(2)14-13/h3-9H,1-2H3/i1D3,2D3. The molecular weight excluding hydrogens is 170 g/mol. The zero-order chi connectivity index (χ0) is 15.0. The van der Waals surface area contributed by atoms with Crippen molar-refractivity contribution in [3.8, 4) is 11.3 Å². The Labute approximate surface area is 92.9 Å². The van der Waals surface area contributed by atoms with Gasteiger partial charge in [-0.1, -0.05) is 35.9 Å². The summed E-state index contributed by atoms with van der Waals surface area (Å²) in [5, 5.41) is 0. The molecule has 0 radical (unpaired) electrons. The van der Waals surface area contributed by atoms with Gasteiger partial charge in [0, 0.05) is 19.5 Å². The Kier molecular flexibility index (Phi) is 1.10. The van der Waals surface area contributed by atoms with Crippen molar-refractivity contribution < 1.29 is 8.22 Å². The first-order chi connectivity index (χ1) is 9.18. The average Bonchev–Trinajstić information content (AvgIpc) is 2.37. The SMILES string of the molecule is [2H]C([2H])([2H])c1ccc(-c2cccc(C([2H])([2H])[2H])n2)cc1. The second-order valence-electron chi connectivity index (χ2n) is 2.99. The van der Waals surface area contributed by atoms with Gasteiger partial charge < -0.3 is 0 Å². The highest BCUT2D eigenvalue weighted by Crippen LogP contribution is 2.17. The van der Waals surface area contributed by atoms with Crippen molar-refractivity contribution in [2.45, 2.75) is 13.7 Å². The van der Waals surface area contributed by atoms with Gasteiger partial charge in [0.2, 0.25) is 0 Å². The lowest BCUT2D eigenvalue weighted by Gasteiger charge is -2.01. The first kappa shape index (κ1) is 4.26. The maximum Gasteiger partial charge on any atom is 0.0705 e. The lowest BCUT2D eigenvalue weighted by molar-refractivity contribution is 1.20. The van der Waals surface area contributed by atoms with Gasteiger partial charge >= 0.3 is 0 Å². The molecule has 0 unspecified atom stereocenters. The molecule has 0 saturated carbocycles. The molecule has 0 amide bonds. The predicted octanol–water partition coefficient (Wildman–Crippen LogP) is 3.37. The van der Waals surface area contributed by atoms with Crippen LogP contribution in [-0.2, 0) is 0 Å². The molecule has 0 spiro atoms. The topological polar surface area (TPSA) is 12.9 Å². The summed E-state index contributed by atoms with van der Waals surface area (Å²) in [5.41, 5.74) is 1.46. The summed E-state index contributed by atoms with van der Waals surface area (Å²) in [4.78, 5) is 4.10. The molecule has 14 heavy (non-hydrogen) atoms. The number of aromatic nitrogens is 1. The van der Waals surface area contributed by atoms with E-state index in [0.717, 1.165) is 0 Å². The average molecular weight is 189 g/mol. The fraction of sp³-hybridized carbons (Fsp3) is 0.154. The smallest absolute Gasteiger partial charge is 0.0705 e. The molecule has 1 aromatic heterocycles. The number of hydrogen-bond acceptors (Lipinski definition) is 1. The lowest BCUT2D eigenvalue weighted by atomic mass is 10.1. The van der Waals surface area contributed by atoms with Gasteiger partial charge in [-0.25, -0.2) is 0 Å². The molecule has 0 saturated heterocycles. The fourth-order valence-electron chi connectivity index (χ4n) is 1.24. The van der Waals surface area contributed by atoms with Crippen LogP contribution in [0, 0.1) is 13.7 Å². The summed E-state index contributed by atoms with van der Waals surface area (Å²) in [6.07, 6.45) is 0. The molecule has 0 aliphatic heterocycles. The van der Waals surface area contributed by atoms with Gasteiger partial charge in [0.25, 0.3) is 0 Å². The fourth-order valence-corrected chi connectivity index (χ4v) is 1.24. The normalized spacial score (nSPS) is 18.3. The van der Waals surface area contributed by atoms with Crippen molar-refractivity contribution in [3.05, 3.63) is 53.7 Å². The van der Waals surface area contributed by atoms with Crippen molar-refractivity contribution in [3.63, 3.8) is 0 Å². The van der Waals surface area contributed by atoms with Crippen LogP contribution in [-0.4, -0.2) is 4.98 Å². The highest BCUT2D eigenvalue weighted by atomic mass is 14.7. The van der Waals surface area contributed by atoms with E-state index in [1.807, 2.05) is 0 Å². The van der Waals surface area contributed by atoms with E-state index in [0.29, 0.717) is 11.3 Å². The Balaban J connectivity index is 2.38. The summed E-state index contributed by atoms with van der Waals surface area (Å²) < 4.78 is 44.0. The van der Waals surface area contributed by atoms with Crippen LogP contribution in [0.4, 0.5) is 0 Å². The van der Waals surface area contributed by atoms with Crippen LogP contribution < -0.4 is 0 Å². The third-order valence-corrected chi connectivity index (χ3v) is 1.93. The van der Waals surface area contributed by atoms with Crippen LogP contribution in [0.15, 0.2) is 42.5 Å².